The highest BCUT2D eigenvalue weighted by Crippen LogP contribution is 2.42. The van der Waals surface area contributed by atoms with Crippen molar-refractivity contribution in [1.29, 1.82) is 0 Å². The summed E-state index contributed by atoms with van der Waals surface area (Å²) < 4.78 is 62.2. The number of benzene rings is 2. The number of hydrogen-bond donors (Lipinski definition) is 1. The maximum atomic E-state index is 16.0. The minimum absolute atomic E-state index is 0.0262. The zero-order valence-electron chi connectivity index (χ0n) is 22.5. The van der Waals surface area contributed by atoms with Crippen molar-refractivity contribution in [1.82, 2.24) is 9.88 Å². The molecule has 212 valence electrons. The Balaban J connectivity index is 1.38. The highest BCUT2D eigenvalue weighted by molar-refractivity contribution is 7.99. The molecule has 2 heterocycles. The lowest BCUT2D eigenvalue weighted by atomic mass is 9.74. The first kappa shape index (κ1) is 29.4. The molecule has 39 heavy (non-hydrogen) atoms. The van der Waals surface area contributed by atoms with E-state index >= 15 is 4.39 Å². The molecule has 0 amide bonds. The molecule has 1 N–H and O–H groups in total. The van der Waals surface area contributed by atoms with Crippen LogP contribution in [0.25, 0.3) is 10.9 Å². The van der Waals surface area contributed by atoms with Gasteiger partial charge in [-0.2, -0.15) is 0 Å². The van der Waals surface area contributed by atoms with Crippen LogP contribution in [0.1, 0.15) is 37.4 Å². The summed E-state index contributed by atoms with van der Waals surface area (Å²) in [5.41, 5.74) is 1.60. The highest BCUT2D eigenvalue weighted by atomic mass is 32.2. The molecule has 0 aliphatic carbocycles. The van der Waals surface area contributed by atoms with Crippen molar-refractivity contribution in [2.24, 2.45) is 5.41 Å². The van der Waals surface area contributed by atoms with Gasteiger partial charge in [-0.15, -0.1) is 11.8 Å². The summed E-state index contributed by atoms with van der Waals surface area (Å²) in [4.78, 5) is 8.50. The number of nitrogens with zero attached hydrogens (tertiary/aromatic N) is 3. The molecule has 3 aromatic rings. The van der Waals surface area contributed by atoms with Crippen LogP contribution in [0.4, 0.5) is 23.2 Å². The van der Waals surface area contributed by atoms with Gasteiger partial charge in [-0.3, -0.25) is 4.98 Å². The molecule has 1 aliphatic rings. The van der Waals surface area contributed by atoms with Gasteiger partial charge in [0.2, 0.25) is 0 Å². The summed E-state index contributed by atoms with van der Waals surface area (Å²) in [5.74, 6) is -1.91. The number of piperidine rings is 1. The lowest BCUT2D eigenvalue weighted by Crippen LogP contribution is -2.42. The third kappa shape index (κ3) is 6.78. The van der Waals surface area contributed by atoms with Crippen LogP contribution in [0, 0.1) is 22.9 Å². The zero-order chi connectivity index (χ0) is 28.2. The molecule has 0 spiro atoms. The molecule has 1 unspecified atom stereocenters. The predicted octanol–water partition coefficient (Wildman–Crippen LogP) is 6.38. The van der Waals surface area contributed by atoms with Crippen molar-refractivity contribution < 1.29 is 27.4 Å². The number of fused-ring (bicyclic) bond motifs is 1. The number of hydrogen-bond acceptors (Lipinski definition) is 6. The number of rotatable bonds is 11. The number of likely N-dealkylation sites (tertiary alicyclic amines) is 1. The van der Waals surface area contributed by atoms with Crippen molar-refractivity contribution in [3.05, 3.63) is 59.5 Å². The van der Waals surface area contributed by atoms with E-state index in [0.717, 1.165) is 17.8 Å². The molecule has 5 nitrogen and oxygen atoms in total. The number of alkyl halides is 1. The topological polar surface area (TPSA) is 48.8 Å². The number of ether oxygens (including phenoxy) is 1. The SMILES string of the molecule is COc1ccc2ncc(N(C)C)c(C(F)CCC3(CO)CCN(CCSc4cc(F)cc(F)c4F)CC3)c2c1. The van der Waals surface area contributed by atoms with Crippen LogP contribution in [0.15, 0.2) is 41.4 Å². The van der Waals surface area contributed by atoms with Crippen LogP contribution in [-0.2, 0) is 0 Å². The highest BCUT2D eigenvalue weighted by Gasteiger charge is 2.35. The third-order valence-electron chi connectivity index (χ3n) is 7.70. The summed E-state index contributed by atoms with van der Waals surface area (Å²) in [6.07, 6.45) is 2.64. The third-order valence-corrected chi connectivity index (χ3v) is 8.69. The van der Waals surface area contributed by atoms with Crippen molar-refractivity contribution in [2.45, 2.75) is 36.8 Å². The van der Waals surface area contributed by atoms with Gasteiger partial charge in [0.15, 0.2) is 11.6 Å². The second-order valence-electron chi connectivity index (χ2n) is 10.4. The molecule has 0 bridgehead atoms. The van der Waals surface area contributed by atoms with Gasteiger partial charge < -0.3 is 19.6 Å². The average Bonchev–Trinajstić information content (AvgIpc) is 2.94. The number of thioether (sulfide) groups is 1. The molecule has 1 atom stereocenters. The van der Waals surface area contributed by atoms with Crippen molar-refractivity contribution in [3.8, 4) is 5.75 Å². The molecular weight excluding hydrogens is 530 g/mol. The number of anilines is 1. The molecular formula is C29H35F4N3O2S. The van der Waals surface area contributed by atoms with E-state index in [1.807, 2.05) is 37.2 Å². The Morgan fingerprint density at radius 1 is 1.15 bits per heavy atom. The first-order chi connectivity index (χ1) is 18.7. The molecule has 1 saturated heterocycles. The van der Waals surface area contributed by atoms with E-state index in [1.54, 1.807) is 13.3 Å². The Morgan fingerprint density at radius 3 is 2.56 bits per heavy atom. The van der Waals surface area contributed by atoms with Crippen LogP contribution < -0.4 is 9.64 Å². The van der Waals surface area contributed by atoms with E-state index in [2.05, 4.69) is 9.88 Å². The van der Waals surface area contributed by atoms with Crippen LogP contribution in [0.2, 0.25) is 0 Å². The number of pyridine rings is 1. The predicted molar refractivity (Wildman–Crippen MR) is 148 cm³/mol. The number of aromatic nitrogens is 1. The van der Waals surface area contributed by atoms with Gasteiger partial charge in [0.1, 0.15) is 17.7 Å². The first-order valence-electron chi connectivity index (χ1n) is 13.0. The summed E-state index contributed by atoms with van der Waals surface area (Å²) in [6, 6.07) is 7.00. The molecule has 4 rings (SSSR count). The smallest absolute Gasteiger partial charge is 0.172 e. The Labute approximate surface area is 231 Å². The largest absolute Gasteiger partial charge is 0.497 e. The molecule has 1 aromatic heterocycles. The lowest BCUT2D eigenvalue weighted by Gasteiger charge is -2.41. The molecule has 2 aromatic carbocycles. The van der Waals surface area contributed by atoms with E-state index in [1.165, 1.54) is 0 Å². The minimum atomic E-state index is -1.25. The maximum Gasteiger partial charge on any atom is 0.172 e. The van der Waals surface area contributed by atoms with Crippen molar-refractivity contribution in [2.75, 3.05) is 58.1 Å². The van der Waals surface area contributed by atoms with E-state index < -0.39 is 23.6 Å². The van der Waals surface area contributed by atoms with Gasteiger partial charge in [0, 0.05) is 54.9 Å². The monoisotopic (exact) mass is 565 g/mol. The van der Waals surface area contributed by atoms with Gasteiger partial charge in [0.25, 0.3) is 0 Å². The Bertz CT molecular complexity index is 1290. The molecule has 0 radical (unpaired) electrons. The van der Waals surface area contributed by atoms with E-state index in [-0.39, 0.29) is 23.3 Å². The molecule has 1 fully saturated rings. The van der Waals surface area contributed by atoms with Gasteiger partial charge in [-0.05, 0) is 68.5 Å². The fourth-order valence-electron chi connectivity index (χ4n) is 5.23. The van der Waals surface area contributed by atoms with Gasteiger partial charge >= 0.3 is 0 Å². The molecule has 10 heteroatoms. The Morgan fingerprint density at radius 2 is 1.90 bits per heavy atom. The fraction of sp³-hybridized carbons (Fsp3) is 0.483. The summed E-state index contributed by atoms with van der Waals surface area (Å²) in [5, 5.41) is 11.0. The second kappa shape index (κ2) is 12.7. The van der Waals surface area contributed by atoms with E-state index in [4.69, 9.17) is 4.74 Å². The first-order valence-corrected chi connectivity index (χ1v) is 14.0. The maximum absolute atomic E-state index is 16.0. The van der Waals surface area contributed by atoms with Gasteiger partial charge in [-0.1, -0.05) is 0 Å². The van der Waals surface area contributed by atoms with Crippen LogP contribution in [0.3, 0.4) is 0 Å². The van der Waals surface area contributed by atoms with Crippen LogP contribution >= 0.6 is 11.8 Å². The van der Waals surface area contributed by atoms with E-state index in [0.29, 0.717) is 78.6 Å². The van der Waals surface area contributed by atoms with Crippen molar-refractivity contribution in [3.63, 3.8) is 0 Å². The van der Waals surface area contributed by atoms with Gasteiger partial charge in [-0.25, -0.2) is 17.6 Å². The summed E-state index contributed by atoms with van der Waals surface area (Å²) in [6.45, 7) is 2.00. The quantitative estimate of drug-likeness (QED) is 0.165. The van der Waals surface area contributed by atoms with Crippen molar-refractivity contribution >= 4 is 28.4 Å². The van der Waals surface area contributed by atoms with E-state index in [9.17, 15) is 18.3 Å². The average molecular weight is 566 g/mol. The number of aliphatic hydroxyl groups excluding tert-OH is 1. The molecule has 0 saturated carbocycles. The summed E-state index contributed by atoms with van der Waals surface area (Å²) in [7, 11) is 5.30. The number of halogens is 4. The number of aliphatic hydroxyl groups is 1. The Kier molecular flexibility index (Phi) is 9.61. The van der Waals surface area contributed by atoms with Crippen LogP contribution in [0.5, 0.6) is 5.75 Å². The normalized spacial score (nSPS) is 16.4. The fourth-order valence-corrected chi connectivity index (χ4v) is 6.22. The lowest BCUT2D eigenvalue weighted by molar-refractivity contribution is 0.0323. The number of methoxy groups -OCH3 is 1. The molecule has 1 aliphatic heterocycles. The Hall–Kier alpha value is -2.56. The van der Waals surface area contributed by atoms with Gasteiger partial charge in [0.05, 0.1) is 24.5 Å². The standard InChI is InChI=1S/C29H35F4N3O2S/c1-35(2)25-17-34-24-5-4-20(38-3)16-21(24)27(25)22(31)6-7-29(18-37)8-10-36(11-9-29)12-13-39-26-15-19(30)14-23(32)28(26)33/h4-5,14-17,22,37H,6-13,18H2,1-3H3. The second-order valence-corrected chi connectivity index (χ2v) is 11.5. The zero-order valence-corrected chi connectivity index (χ0v) is 23.3. The van der Waals surface area contributed by atoms with Crippen LogP contribution in [-0.4, -0.2) is 68.2 Å². The minimum Gasteiger partial charge on any atom is -0.497 e. The summed E-state index contributed by atoms with van der Waals surface area (Å²) >= 11 is 1.08.